The van der Waals surface area contributed by atoms with Gasteiger partial charge in [-0.25, -0.2) is 12.8 Å². The molecule has 0 aliphatic heterocycles. The maximum atomic E-state index is 13.9. The van der Waals surface area contributed by atoms with Crippen molar-refractivity contribution in [3.05, 3.63) is 93.7 Å². The van der Waals surface area contributed by atoms with E-state index in [9.17, 15) is 17.6 Å². The lowest BCUT2D eigenvalue weighted by atomic mass is 10.2. The standard InChI is InChI=1S/C24H23Cl2FN2O3S2/c1-17-4-2-5-19(14-17)29(34(31,32)20-10-8-18(25)9-11-20)15-24(30)28-12-13-33-16-21-22(26)6-3-7-23(21)27/h2-11,14H,12-13,15-16H2,1H3,(H,28,30). The molecule has 3 aromatic carbocycles. The Morgan fingerprint density at radius 1 is 1.06 bits per heavy atom. The second kappa shape index (κ2) is 11.9. The third-order valence-electron chi connectivity index (χ3n) is 4.86. The van der Waals surface area contributed by atoms with E-state index in [0.717, 1.165) is 9.87 Å². The highest BCUT2D eigenvalue weighted by atomic mass is 35.5. The fourth-order valence-electron chi connectivity index (χ4n) is 3.13. The largest absolute Gasteiger partial charge is 0.354 e. The number of aryl methyl sites for hydroxylation is 1. The molecule has 3 aromatic rings. The van der Waals surface area contributed by atoms with Crippen molar-refractivity contribution in [1.29, 1.82) is 0 Å². The van der Waals surface area contributed by atoms with E-state index in [1.54, 1.807) is 30.3 Å². The number of carbonyl (C=O) groups excluding carboxylic acids is 1. The first kappa shape index (κ1) is 26.3. The molecule has 10 heteroatoms. The number of rotatable bonds is 10. The molecule has 1 amide bonds. The van der Waals surface area contributed by atoms with Gasteiger partial charge in [0.1, 0.15) is 12.4 Å². The highest BCUT2D eigenvalue weighted by Crippen LogP contribution is 2.26. The van der Waals surface area contributed by atoms with E-state index >= 15 is 0 Å². The van der Waals surface area contributed by atoms with Crippen LogP contribution in [0.25, 0.3) is 0 Å². The van der Waals surface area contributed by atoms with Crippen LogP contribution in [-0.2, 0) is 20.6 Å². The summed E-state index contributed by atoms with van der Waals surface area (Å²) in [7, 11) is -4.01. The van der Waals surface area contributed by atoms with Gasteiger partial charge in [0.2, 0.25) is 5.91 Å². The predicted octanol–water partition coefficient (Wildman–Crippen LogP) is 5.69. The molecule has 0 atom stereocenters. The zero-order chi connectivity index (χ0) is 24.7. The van der Waals surface area contributed by atoms with Crippen LogP contribution in [0.5, 0.6) is 0 Å². The molecule has 34 heavy (non-hydrogen) atoms. The van der Waals surface area contributed by atoms with Crippen molar-refractivity contribution in [3.63, 3.8) is 0 Å². The minimum absolute atomic E-state index is 0.0310. The quantitative estimate of drug-likeness (QED) is 0.335. The molecule has 0 heterocycles. The van der Waals surface area contributed by atoms with Crippen LogP contribution < -0.4 is 9.62 Å². The van der Waals surface area contributed by atoms with Crippen molar-refractivity contribution < 1.29 is 17.6 Å². The summed E-state index contributed by atoms with van der Waals surface area (Å²) in [4.78, 5) is 12.7. The van der Waals surface area contributed by atoms with Gasteiger partial charge in [-0.05, 0) is 61.0 Å². The van der Waals surface area contributed by atoms with Crippen LogP contribution >= 0.6 is 35.0 Å². The summed E-state index contributed by atoms with van der Waals surface area (Å²) in [6.07, 6.45) is 0. The number of nitrogens with zero attached hydrogens (tertiary/aromatic N) is 1. The Bertz CT molecular complexity index is 1240. The van der Waals surface area contributed by atoms with Gasteiger partial charge < -0.3 is 5.32 Å². The number of amides is 1. The average Bonchev–Trinajstić information content (AvgIpc) is 2.79. The lowest BCUT2D eigenvalue weighted by molar-refractivity contribution is -0.119. The number of hydrogen-bond acceptors (Lipinski definition) is 4. The lowest BCUT2D eigenvalue weighted by Gasteiger charge is -2.24. The number of anilines is 1. The van der Waals surface area contributed by atoms with Crippen LogP contribution in [-0.4, -0.2) is 33.2 Å². The molecule has 0 saturated carbocycles. The van der Waals surface area contributed by atoms with Crippen LogP contribution in [0.3, 0.4) is 0 Å². The number of thioether (sulfide) groups is 1. The zero-order valence-electron chi connectivity index (χ0n) is 18.3. The Hall–Kier alpha value is -2.26. The van der Waals surface area contributed by atoms with E-state index in [4.69, 9.17) is 23.2 Å². The number of carbonyl (C=O) groups is 1. The van der Waals surface area contributed by atoms with E-state index < -0.39 is 22.5 Å². The van der Waals surface area contributed by atoms with Crippen molar-refractivity contribution >= 4 is 56.6 Å². The number of hydrogen-bond donors (Lipinski definition) is 1. The van der Waals surface area contributed by atoms with Gasteiger partial charge in [-0.3, -0.25) is 9.10 Å². The van der Waals surface area contributed by atoms with E-state index in [2.05, 4.69) is 5.32 Å². The molecule has 0 bridgehead atoms. The van der Waals surface area contributed by atoms with Crippen LogP contribution in [0.1, 0.15) is 11.1 Å². The first-order chi connectivity index (χ1) is 16.2. The van der Waals surface area contributed by atoms with E-state index in [-0.39, 0.29) is 17.3 Å². The molecule has 3 rings (SSSR count). The Kier molecular flexibility index (Phi) is 9.24. The monoisotopic (exact) mass is 540 g/mol. The fourth-order valence-corrected chi connectivity index (χ4v) is 5.86. The van der Waals surface area contributed by atoms with Crippen LogP contribution in [0.2, 0.25) is 10.0 Å². The normalized spacial score (nSPS) is 11.3. The third-order valence-corrected chi connectivity index (χ3v) is 8.23. The summed E-state index contributed by atoms with van der Waals surface area (Å²) in [5.41, 5.74) is 1.66. The predicted molar refractivity (Wildman–Crippen MR) is 138 cm³/mol. The molecule has 0 radical (unpaired) electrons. The summed E-state index contributed by atoms with van der Waals surface area (Å²) in [6, 6.07) is 17.2. The van der Waals surface area contributed by atoms with Gasteiger partial charge in [0.15, 0.2) is 0 Å². The molecular formula is C24H23Cl2FN2O3S2. The fraction of sp³-hybridized carbons (Fsp3) is 0.208. The Morgan fingerprint density at radius 3 is 2.44 bits per heavy atom. The molecule has 1 N–H and O–H groups in total. The first-order valence-electron chi connectivity index (χ1n) is 10.3. The molecule has 5 nitrogen and oxygen atoms in total. The molecule has 0 spiro atoms. The minimum Gasteiger partial charge on any atom is -0.354 e. The van der Waals surface area contributed by atoms with Crippen molar-refractivity contribution in [2.24, 2.45) is 0 Å². The summed E-state index contributed by atoms with van der Waals surface area (Å²) < 4.78 is 41.6. The molecule has 0 aliphatic carbocycles. The van der Waals surface area contributed by atoms with Gasteiger partial charge in [-0.2, -0.15) is 11.8 Å². The first-order valence-corrected chi connectivity index (χ1v) is 13.7. The van der Waals surface area contributed by atoms with E-state index in [1.807, 2.05) is 13.0 Å². The van der Waals surface area contributed by atoms with Crippen LogP contribution in [0.15, 0.2) is 71.6 Å². The molecule has 0 saturated heterocycles. The average molecular weight is 541 g/mol. The van der Waals surface area contributed by atoms with Crippen molar-refractivity contribution in [2.45, 2.75) is 17.6 Å². The number of nitrogens with one attached hydrogen (secondary N) is 1. The molecule has 0 aromatic heterocycles. The smallest absolute Gasteiger partial charge is 0.264 e. The molecule has 180 valence electrons. The maximum absolute atomic E-state index is 13.9. The van der Waals surface area contributed by atoms with Gasteiger partial charge >= 0.3 is 0 Å². The second-order valence-electron chi connectivity index (χ2n) is 7.41. The molecular weight excluding hydrogens is 518 g/mol. The lowest BCUT2D eigenvalue weighted by Crippen LogP contribution is -2.41. The Balaban J connectivity index is 1.65. The van der Waals surface area contributed by atoms with Crippen LogP contribution in [0, 0.1) is 12.7 Å². The van der Waals surface area contributed by atoms with Gasteiger partial charge in [0, 0.05) is 33.7 Å². The van der Waals surface area contributed by atoms with Gasteiger partial charge in [0.05, 0.1) is 10.6 Å². The minimum atomic E-state index is -4.01. The summed E-state index contributed by atoms with van der Waals surface area (Å²) in [5.74, 6) is 0.0424. The van der Waals surface area contributed by atoms with E-state index in [1.165, 1.54) is 42.1 Å². The topological polar surface area (TPSA) is 66.5 Å². The SMILES string of the molecule is Cc1cccc(N(CC(=O)NCCSCc2c(F)cccc2Cl)S(=O)(=O)c2ccc(Cl)cc2)c1. The number of benzene rings is 3. The van der Waals surface area contributed by atoms with E-state index in [0.29, 0.717) is 32.8 Å². The Labute approximate surface area is 213 Å². The molecule has 0 unspecified atom stereocenters. The van der Waals surface area contributed by atoms with Crippen molar-refractivity contribution in [3.8, 4) is 0 Å². The third kappa shape index (κ3) is 6.88. The summed E-state index contributed by atoms with van der Waals surface area (Å²) in [5, 5.41) is 3.50. The Morgan fingerprint density at radius 2 is 1.76 bits per heavy atom. The van der Waals surface area contributed by atoms with Crippen molar-refractivity contribution in [2.75, 3.05) is 23.1 Å². The van der Waals surface area contributed by atoms with Gasteiger partial charge in [-0.1, -0.05) is 41.4 Å². The molecule has 0 fully saturated rings. The molecule has 0 aliphatic rings. The van der Waals surface area contributed by atoms with Crippen LogP contribution in [0.4, 0.5) is 10.1 Å². The highest BCUT2D eigenvalue weighted by molar-refractivity contribution is 7.98. The van der Waals surface area contributed by atoms with Crippen molar-refractivity contribution in [1.82, 2.24) is 5.32 Å². The summed E-state index contributed by atoms with van der Waals surface area (Å²) >= 11 is 13.3. The second-order valence-corrected chi connectivity index (χ2v) is 11.2. The number of halogens is 3. The zero-order valence-corrected chi connectivity index (χ0v) is 21.4. The number of sulfonamides is 1. The van der Waals surface area contributed by atoms with Gasteiger partial charge in [0.25, 0.3) is 10.0 Å². The summed E-state index contributed by atoms with van der Waals surface area (Å²) in [6.45, 7) is 1.74. The maximum Gasteiger partial charge on any atom is 0.264 e. The highest BCUT2D eigenvalue weighted by Gasteiger charge is 2.27. The van der Waals surface area contributed by atoms with Gasteiger partial charge in [-0.15, -0.1) is 0 Å².